The molecule has 0 N–H and O–H groups in total. The Bertz CT molecular complexity index is 512. The van der Waals surface area contributed by atoms with Crippen molar-refractivity contribution in [3.63, 3.8) is 0 Å². The predicted molar refractivity (Wildman–Crippen MR) is 70.3 cm³/mol. The van der Waals surface area contributed by atoms with Gasteiger partial charge in [0.15, 0.2) is 0 Å². The van der Waals surface area contributed by atoms with Crippen LogP contribution in [0.4, 0.5) is 0 Å². The van der Waals surface area contributed by atoms with Crippen molar-refractivity contribution in [2.24, 2.45) is 0 Å². The number of hydrogen-bond donors (Lipinski definition) is 0. The molecule has 0 aromatic carbocycles. The first kappa shape index (κ1) is 11.5. The highest BCUT2D eigenvalue weighted by Crippen LogP contribution is 2.33. The summed E-state index contributed by atoms with van der Waals surface area (Å²) in [7, 11) is 0. The molecule has 0 atom stereocenters. The van der Waals surface area contributed by atoms with Crippen molar-refractivity contribution in [1.29, 1.82) is 0 Å². The van der Waals surface area contributed by atoms with Crippen LogP contribution in [0.5, 0.6) is 0 Å². The fourth-order valence-corrected chi connectivity index (χ4v) is 2.97. The van der Waals surface area contributed by atoms with Gasteiger partial charge in [-0.1, -0.05) is 27.7 Å². The molecule has 86 valence electrons. The molecule has 2 aromatic heterocycles. The first-order valence-electron chi connectivity index (χ1n) is 5.77. The third-order valence-electron chi connectivity index (χ3n) is 2.80. The summed E-state index contributed by atoms with van der Waals surface area (Å²) >= 11 is 1.53. The van der Waals surface area contributed by atoms with Gasteiger partial charge >= 0.3 is 0 Å². The van der Waals surface area contributed by atoms with E-state index >= 15 is 0 Å². The molecular weight excluding hydrogens is 216 g/mol. The zero-order valence-corrected chi connectivity index (χ0v) is 11.4. The van der Waals surface area contributed by atoms with Crippen LogP contribution < -0.4 is 0 Å². The molecule has 2 nitrogen and oxygen atoms in total. The molecule has 2 heterocycles. The fraction of sp³-hybridized carbons (Fsp3) is 0.538. The van der Waals surface area contributed by atoms with E-state index in [1.807, 2.05) is 0 Å². The summed E-state index contributed by atoms with van der Waals surface area (Å²) in [6.45, 7) is 10.9. The lowest BCUT2D eigenvalue weighted by Gasteiger charge is -2.10. The van der Waals surface area contributed by atoms with E-state index in [-0.39, 0.29) is 0 Å². The molecular formula is C13H18N2S. The molecule has 0 unspecified atom stereocenters. The number of nitrogens with zero attached hydrogens (tertiary/aromatic N) is 2. The lowest BCUT2D eigenvalue weighted by Crippen LogP contribution is -1.96. The molecule has 0 radical (unpaired) electrons. The van der Waals surface area contributed by atoms with Crippen LogP contribution >= 0.6 is 11.5 Å². The first-order valence-corrected chi connectivity index (χ1v) is 6.55. The van der Waals surface area contributed by atoms with Gasteiger partial charge in [-0.15, -0.1) is 0 Å². The molecule has 0 aliphatic rings. The Labute approximate surface area is 101 Å². The van der Waals surface area contributed by atoms with E-state index in [0.717, 1.165) is 10.5 Å². The Morgan fingerprint density at radius 2 is 1.81 bits per heavy atom. The SMILES string of the molecule is Cc1cc(C(C)C)c2c(C(C)C)nsc2n1. The monoisotopic (exact) mass is 234 g/mol. The number of rotatable bonds is 2. The lowest BCUT2D eigenvalue weighted by molar-refractivity contribution is 0.835. The lowest BCUT2D eigenvalue weighted by atomic mass is 9.96. The normalized spacial score (nSPS) is 11.9. The molecule has 0 aliphatic heterocycles. The molecule has 3 heteroatoms. The quantitative estimate of drug-likeness (QED) is 0.776. The molecule has 0 amide bonds. The molecule has 0 spiro atoms. The topological polar surface area (TPSA) is 25.8 Å². The number of hydrogen-bond acceptors (Lipinski definition) is 3. The summed E-state index contributed by atoms with van der Waals surface area (Å²) < 4.78 is 4.56. The van der Waals surface area contributed by atoms with E-state index in [2.05, 4.69) is 50.0 Å². The maximum absolute atomic E-state index is 4.58. The van der Waals surface area contributed by atoms with Gasteiger partial charge in [-0.2, -0.15) is 4.37 Å². The van der Waals surface area contributed by atoms with E-state index in [0.29, 0.717) is 11.8 Å². The molecule has 2 rings (SSSR count). The molecule has 0 aliphatic carbocycles. The van der Waals surface area contributed by atoms with Crippen LogP contribution in [0.3, 0.4) is 0 Å². The van der Waals surface area contributed by atoms with E-state index in [1.165, 1.54) is 28.2 Å². The average Bonchev–Trinajstić information content (AvgIpc) is 2.59. The van der Waals surface area contributed by atoms with E-state index in [4.69, 9.17) is 0 Å². The highest BCUT2D eigenvalue weighted by molar-refractivity contribution is 7.13. The van der Waals surface area contributed by atoms with E-state index in [1.54, 1.807) is 0 Å². The summed E-state index contributed by atoms with van der Waals surface area (Å²) in [5, 5.41) is 1.29. The second kappa shape index (κ2) is 4.13. The van der Waals surface area contributed by atoms with Gasteiger partial charge in [-0.05, 0) is 41.9 Å². The van der Waals surface area contributed by atoms with Gasteiger partial charge in [0.1, 0.15) is 4.83 Å². The zero-order chi connectivity index (χ0) is 11.9. The number of aryl methyl sites for hydroxylation is 1. The Kier molecular flexibility index (Phi) is 2.98. The van der Waals surface area contributed by atoms with E-state index in [9.17, 15) is 0 Å². The standard InChI is InChI=1S/C13H18N2S/c1-7(2)10-6-9(5)14-13-11(10)12(8(3)4)15-16-13/h6-8H,1-5H3. The van der Waals surface area contributed by atoms with Gasteiger partial charge in [0.2, 0.25) is 0 Å². The highest BCUT2D eigenvalue weighted by atomic mass is 32.1. The Hall–Kier alpha value is -0.960. The van der Waals surface area contributed by atoms with Crippen LogP contribution in [0.25, 0.3) is 10.2 Å². The summed E-state index contributed by atoms with van der Waals surface area (Å²) in [6, 6.07) is 2.20. The van der Waals surface area contributed by atoms with Gasteiger partial charge < -0.3 is 0 Å². The van der Waals surface area contributed by atoms with Crippen molar-refractivity contribution in [3.8, 4) is 0 Å². The summed E-state index contributed by atoms with van der Waals surface area (Å²) in [6.07, 6.45) is 0. The zero-order valence-electron chi connectivity index (χ0n) is 10.5. The van der Waals surface area contributed by atoms with Crippen molar-refractivity contribution in [3.05, 3.63) is 23.0 Å². The van der Waals surface area contributed by atoms with Crippen LogP contribution in [0.1, 0.15) is 56.5 Å². The molecule has 0 fully saturated rings. The van der Waals surface area contributed by atoms with Crippen molar-refractivity contribution in [1.82, 2.24) is 9.36 Å². The second-order valence-corrected chi connectivity index (χ2v) is 5.66. The maximum atomic E-state index is 4.58. The smallest absolute Gasteiger partial charge is 0.144 e. The number of fused-ring (bicyclic) bond motifs is 1. The number of pyridine rings is 1. The molecule has 2 aromatic rings. The Morgan fingerprint density at radius 1 is 1.12 bits per heavy atom. The van der Waals surface area contributed by atoms with Crippen LogP contribution in [-0.2, 0) is 0 Å². The minimum Gasteiger partial charge on any atom is -0.241 e. The van der Waals surface area contributed by atoms with Gasteiger partial charge in [0, 0.05) is 11.1 Å². The van der Waals surface area contributed by atoms with Crippen LogP contribution in [0.2, 0.25) is 0 Å². The minimum absolute atomic E-state index is 0.468. The fourth-order valence-electron chi connectivity index (χ4n) is 1.98. The molecule has 0 saturated carbocycles. The summed E-state index contributed by atoms with van der Waals surface area (Å²) in [4.78, 5) is 5.67. The molecule has 16 heavy (non-hydrogen) atoms. The van der Waals surface area contributed by atoms with Gasteiger partial charge in [0.25, 0.3) is 0 Å². The molecule has 0 bridgehead atoms. The molecule has 0 saturated heterocycles. The Morgan fingerprint density at radius 3 is 2.38 bits per heavy atom. The second-order valence-electron chi connectivity index (χ2n) is 4.91. The summed E-state index contributed by atoms with van der Waals surface area (Å²) in [5.41, 5.74) is 3.69. The predicted octanol–water partition coefficient (Wildman–Crippen LogP) is 4.25. The van der Waals surface area contributed by atoms with Crippen LogP contribution in [0, 0.1) is 6.92 Å². The maximum Gasteiger partial charge on any atom is 0.144 e. The summed E-state index contributed by atoms with van der Waals surface area (Å²) in [5.74, 6) is 0.994. The van der Waals surface area contributed by atoms with Gasteiger partial charge in [-0.3, -0.25) is 0 Å². The largest absolute Gasteiger partial charge is 0.241 e. The van der Waals surface area contributed by atoms with Crippen molar-refractivity contribution in [2.45, 2.75) is 46.5 Å². The minimum atomic E-state index is 0.468. The van der Waals surface area contributed by atoms with Crippen molar-refractivity contribution >= 4 is 21.7 Å². The number of aromatic nitrogens is 2. The Balaban J connectivity index is 2.79. The third kappa shape index (κ3) is 1.84. The van der Waals surface area contributed by atoms with Gasteiger partial charge in [-0.25, -0.2) is 4.98 Å². The van der Waals surface area contributed by atoms with Crippen LogP contribution in [0.15, 0.2) is 6.07 Å². The third-order valence-corrected chi connectivity index (χ3v) is 3.56. The van der Waals surface area contributed by atoms with E-state index < -0.39 is 0 Å². The van der Waals surface area contributed by atoms with Gasteiger partial charge in [0.05, 0.1) is 5.69 Å². The highest BCUT2D eigenvalue weighted by Gasteiger charge is 2.16. The van der Waals surface area contributed by atoms with Crippen LogP contribution in [-0.4, -0.2) is 9.36 Å². The van der Waals surface area contributed by atoms with Crippen molar-refractivity contribution in [2.75, 3.05) is 0 Å². The average molecular weight is 234 g/mol. The van der Waals surface area contributed by atoms with Crippen molar-refractivity contribution < 1.29 is 0 Å². The first-order chi connectivity index (χ1) is 7.50.